The molecule has 0 spiro atoms. The standard InChI is InChI=1S/C18H20F8N2O3S/c1-5-32(29,30)11(4)14(28-15(10(2)3)17(21,22)23)13-7-6-12(8-27-13)31-9-16(19,20)18(24,25)26/h6-8,11,14H,2,5,9H2,1,3-4H3. The predicted octanol–water partition coefficient (Wildman–Crippen LogP) is 5.10. The van der Waals surface area contributed by atoms with E-state index in [4.69, 9.17) is 0 Å². The largest absolute Gasteiger partial charge is 0.485 e. The maximum absolute atomic E-state index is 13.3. The minimum Gasteiger partial charge on any atom is -0.485 e. The number of nitrogens with zero attached hydrogens (tertiary/aromatic N) is 2. The Morgan fingerprint density at radius 1 is 1.16 bits per heavy atom. The first kappa shape index (κ1) is 27.8. The molecule has 0 aliphatic rings. The van der Waals surface area contributed by atoms with Crippen LogP contribution in [-0.4, -0.2) is 55.0 Å². The fraction of sp³-hybridized carbons (Fsp3) is 0.556. The van der Waals surface area contributed by atoms with Crippen molar-refractivity contribution < 1.29 is 48.3 Å². The zero-order chi connectivity index (χ0) is 25.1. The summed E-state index contributed by atoms with van der Waals surface area (Å²) in [6.45, 7) is 4.56. The number of ether oxygens (including phenoxy) is 1. The fourth-order valence-corrected chi connectivity index (χ4v) is 3.46. The Morgan fingerprint density at radius 2 is 1.72 bits per heavy atom. The van der Waals surface area contributed by atoms with Crippen molar-refractivity contribution in [3.05, 3.63) is 36.2 Å². The SMILES string of the molecule is C=C(C)C(=NC(c1ccc(OCC(F)(F)C(F)(F)F)cn1)C(C)S(=O)(=O)CC)C(F)(F)F. The van der Waals surface area contributed by atoms with Crippen molar-refractivity contribution in [1.29, 1.82) is 0 Å². The van der Waals surface area contributed by atoms with Gasteiger partial charge in [0.05, 0.1) is 17.1 Å². The third kappa shape index (κ3) is 6.87. The average molecular weight is 496 g/mol. The highest BCUT2D eigenvalue weighted by Crippen LogP contribution is 2.36. The summed E-state index contributed by atoms with van der Waals surface area (Å²) >= 11 is 0. The minimum absolute atomic E-state index is 0.299. The molecule has 1 aromatic rings. The summed E-state index contributed by atoms with van der Waals surface area (Å²) in [7, 11) is -3.92. The second kappa shape index (κ2) is 9.71. The molecule has 0 aromatic carbocycles. The second-order valence-corrected chi connectivity index (χ2v) is 9.41. The van der Waals surface area contributed by atoms with Crippen LogP contribution in [-0.2, 0) is 9.84 Å². The van der Waals surface area contributed by atoms with E-state index in [0.29, 0.717) is 6.20 Å². The van der Waals surface area contributed by atoms with E-state index in [0.717, 1.165) is 26.0 Å². The number of hydrogen-bond donors (Lipinski definition) is 0. The first-order valence-electron chi connectivity index (χ1n) is 8.89. The normalized spacial score (nSPS) is 15.9. The van der Waals surface area contributed by atoms with Gasteiger partial charge in [0.15, 0.2) is 16.4 Å². The predicted molar refractivity (Wildman–Crippen MR) is 101 cm³/mol. The summed E-state index contributed by atoms with van der Waals surface area (Å²) in [6, 6.07) is 0.138. The Kier molecular flexibility index (Phi) is 8.43. The molecule has 0 aliphatic heterocycles. The van der Waals surface area contributed by atoms with Gasteiger partial charge in [0.1, 0.15) is 17.5 Å². The van der Waals surface area contributed by atoms with Crippen LogP contribution in [0.25, 0.3) is 0 Å². The Hall–Kier alpha value is -2.25. The van der Waals surface area contributed by atoms with Crippen molar-refractivity contribution in [3.8, 4) is 5.75 Å². The van der Waals surface area contributed by atoms with Crippen molar-refractivity contribution in [2.45, 2.75) is 50.3 Å². The van der Waals surface area contributed by atoms with Crippen LogP contribution in [0.4, 0.5) is 35.1 Å². The number of pyridine rings is 1. The van der Waals surface area contributed by atoms with Gasteiger partial charge in [0.2, 0.25) is 0 Å². The molecule has 2 unspecified atom stereocenters. The molecule has 0 amide bonds. The lowest BCUT2D eigenvalue weighted by Gasteiger charge is -2.23. The highest BCUT2D eigenvalue weighted by Gasteiger charge is 2.58. The van der Waals surface area contributed by atoms with Crippen LogP contribution in [0.1, 0.15) is 32.5 Å². The van der Waals surface area contributed by atoms with Crippen molar-refractivity contribution in [2.24, 2.45) is 4.99 Å². The van der Waals surface area contributed by atoms with E-state index in [1.807, 2.05) is 0 Å². The quantitative estimate of drug-likeness (QED) is 0.352. The molecule has 0 fully saturated rings. The Morgan fingerprint density at radius 3 is 2.09 bits per heavy atom. The molecule has 182 valence electrons. The van der Waals surface area contributed by atoms with Crippen LogP contribution in [0, 0.1) is 0 Å². The fourth-order valence-electron chi connectivity index (χ4n) is 2.34. The van der Waals surface area contributed by atoms with Crippen LogP contribution in [0.3, 0.4) is 0 Å². The lowest BCUT2D eigenvalue weighted by Crippen LogP contribution is -2.41. The van der Waals surface area contributed by atoms with E-state index in [2.05, 4.69) is 21.3 Å². The second-order valence-electron chi connectivity index (χ2n) is 6.77. The van der Waals surface area contributed by atoms with Crippen molar-refractivity contribution >= 4 is 15.5 Å². The van der Waals surface area contributed by atoms with E-state index < -0.39 is 68.8 Å². The molecule has 0 saturated carbocycles. The Balaban J connectivity index is 3.36. The summed E-state index contributed by atoms with van der Waals surface area (Å²) in [4.78, 5) is 7.20. The summed E-state index contributed by atoms with van der Waals surface area (Å²) < 4.78 is 131. The summed E-state index contributed by atoms with van der Waals surface area (Å²) in [5.41, 5.74) is -2.21. The highest BCUT2D eigenvalue weighted by atomic mass is 32.2. The van der Waals surface area contributed by atoms with Crippen molar-refractivity contribution in [3.63, 3.8) is 0 Å². The van der Waals surface area contributed by atoms with Gasteiger partial charge in [-0.05, 0) is 31.6 Å². The summed E-state index contributed by atoms with van der Waals surface area (Å²) in [5.74, 6) is -6.10. The molecular weight excluding hydrogens is 476 g/mol. The zero-order valence-corrected chi connectivity index (χ0v) is 17.9. The highest BCUT2D eigenvalue weighted by molar-refractivity contribution is 7.92. The van der Waals surface area contributed by atoms with Gasteiger partial charge in [-0.25, -0.2) is 8.42 Å². The van der Waals surface area contributed by atoms with Gasteiger partial charge in [-0.2, -0.15) is 35.1 Å². The topological polar surface area (TPSA) is 68.6 Å². The molecule has 0 aliphatic carbocycles. The Bertz CT molecular complexity index is 938. The van der Waals surface area contributed by atoms with E-state index in [1.54, 1.807) is 0 Å². The maximum atomic E-state index is 13.3. The number of aliphatic imine (C=N–C) groups is 1. The molecule has 1 heterocycles. The molecule has 0 N–H and O–H groups in total. The number of sulfone groups is 1. The third-order valence-corrected chi connectivity index (χ3v) is 6.45. The van der Waals surface area contributed by atoms with E-state index in [1.165, 1.54) is 6.92 Å². The molecule has 14 heteroatoms. The number of halogens is 8. The van der Waals surface area contributed by atoms with Gasteiger partial charge in [-0.15, -0.1) is 0 Å². The zero-order valence-electron chi connectivity index (χ0n) is 17.1. The van der Waals surface area contributed by atoms with Crippen LogP contribution < -0.4 is 4.74 Å². The van der Waals surface area contributed by atoms with E-state index in [9.17, 15) is 43.5 Å². The van der Waals surface area contributed by atoms with Crippen LogP contribution >= 0.6 is 0 Å². The third-order valence-electron chi connectivity index (χ3n) is 4.25. The van der Waals surface area contributed by atoms with Gasteiger partial charge in [0.25, 0.3) is 0 Å². The molecule has 32 heavy (non-hydrogen) atoms. The molecule has 5 nitrogen and oxygen atoms in total. The van der Waals surface area contributed by atoms with Gasteiger partial charge < -0.3 is 4.74 Å². The maximum Gasteiger partial charge on any atom is 0.456 e. The lowest BCUT2D eigenvalue weighted by atomic mass is 10.1. The smallest absolute Gasteiger partial charge is 0.456 e. The summed E-state index contributed by atoms with van der Waals surface area (Å²) in [6.07, 6.45) is -10.1. The van der Waals surface area contributed by atoms with Gasteiger partial charge in [0, 0.05) is 5.75 Å². The first-order valence-corrected chi connectivity index (χ1v) is 10.6. The first-order chi connectivity index (χ1) is 14.3. The summed E-state index contributed by atoms with van der Waals surface area (Å²) in [5, 5.41) is -1.47. The molecule has 1 rings (SSSR count). The van der Waals surface area contributed by atoms with Crippen molar-refractivity contribution in [2.75, 3.05) is 12.4 Å². The van der Waals surface area contributed by atoms with Crippen LogP contribution in [0.15, 0.2) is 35.5 Å². The molecule has 0 radical (unpaired) electrons. The van der Waals surface area contributed by atoms with Gasteiger partial charge >= 0.3 is 18.3 Å². The number of hydrogen-bond acceptors (Lipinski definition) is 5. The molecule has 0 bridgehead atoms. The van der Waals surface area contributed by atoms with Crippen LogP contribution in [0.2, 0.25) is 0 Å². The van der Waals surface area contributed by atoms with Crippen LogP contribution in [0.5, 0.6) is 5.75 Å². The minimum atomic E-state index is -5.85. The number of aromatic nitrogens is 1. The average Bonchev–Trinajstić information content (AvgIpc) is 2.65. The van der Waals surface area contributed by atoms with Crippen molar-refractivity contribution in [1.82, 2.24) is 4.98 Å². The van der Waals surface area contributed by atoms with E-state index >= 15 is 0 Å². The number of alkyl halides is 8. The van der Waals surface area contributed by atoms with Gasteiger partial charge in [-0.1, -0.05) is 13.5 Å². The number of rotatable bonds is 9. The molecule has 1 aromatic heterocycles. The van der Waals surface area contributed by atoms with Gasteiger partial charge in [-0.3, -0.25) is 9.98 Å². The Labute approximate surface area is 179 Å². The monoisotopic (exact) mass is 496 g/mol. The molecule has 0 saturated heterocycles. The number of allylic oxidation sites excluding steroid dienone is 1. The lowest BCUT2D eigenvalue weighted by molar-refractivity contribution is -0.290. The van der Waals surface area contributed by atoms with E-state index in [-0.39, 0.29) is 5.69 Å². The molecular formula is C18H20F8N2O3S. The molecule has 2 atom stereocenters.